The SMILES string of the molecule is COC(=O)Oc1cc2c(c3ccoc13)CC(OS(C)(=O)=O)CN2C(=O)OC. The second kappa shape index (κ2) is 7.08. The smallest absolute Gasteiger partial charge is 0.460 e. The van der Waals surface area contributed by atoms with E-state index < -0.39 is 28.5 Å². The lowest BCUT2D eigenvalue weighted by molar-refractivity contribution is 0.121. The van der Waals surface area contributed by atoms with Gasteiger partial charge >= 0.3 is 12.2 Å². The third kappa shape index (κ3) is 3.83. The van der Waals surface area contributed by atoms with Gasteiger partial charge in [0.1, 0.15) is 0 Å². The normalized spacial score (nSPS) is 16.7. The maximum Gasteiger partial charge on any atom is 0.513 e. The first kappa shape index (κ1) is 19.0. The highest BCUT2D eigenvalue weighted by molar-refractivity contribution is 7.86. The minimum atomic E-state index is -3.74. The summed E-state index contributed by atoms with van der Waals surface area (Å²) in [6.07, 6.45) is 0.0442. The average molecular weight is 399 g/mol. The van der Waals surface area contributed by atoms with Crippen LogP contribution in [0.3, 0.4) is 0 Å². The predicted octanol–water partition coefficient (Wildman–Crippen LogP) is 2.05. The molecule has 1 aliphatic rings. The number of ether oxygens (including phenoxy) is 3. The number of benzene rings is 1. The van der Waals surface area contributed by atoms with Gasteiger partial charge < -0.3 is 18.6 Å². The van der Waals surface area contributed by atoms with E-state index in [1.54, 1.807) is 6.07 Å². The minimum absolute atomic E-state index is 0.0528. The molecule has 0 bridgehead atoms. The highest BCUT2D eigenvalue weighted by atomic mass is 32.2. The van der Waals surface area contributed by atoms with Gasteiger partial charge in [0.15, 0.2) is 11.3 Å². The Kier molecular flexibility index (Phi) is 4.98. The van der Waals surface area contributed by atoms with Gasteiger partial charge in [-0.3, -0.25) is 9.08 Å². The lowest BCUT2D eigenvalue weighted by Gasteiger charge is -2.33. The summed E-state index contributed by atoms with van der Waals surface area (Å²) in [6, 6.07) is 3.06. The van der Waals surface area contributed by atoms with Crippen LogP contribution < -0.4 is 9.64 Å². The Labute approximate surface area is 154 Å². The van der Waals surface area contributed by atoms with E-state index >= 15 is 0 Å². The second-order valence-corrected chi connectivity index (χ2v) is 7.40. The molecule has 3 rings (SSSR count). The van der Waals surface area contributed by atoms with Crippen LogP contribution in [0.2, 0.25) is 0 Å². The van der Waals surface area contributed by atoms with Gasteiger partial charge in [0, 0.05) is 17.9 Å². The Morgan fingerprint density at radius 3 is 2.63 bits per heavy atom. The first-order valence-electron chi connectivity index (χ1n) is 7.76. The predicted molar refractivity (Wildman–Crippen MR) is 92.4 cm³/mol. The summed E-state index contributed by atoms with van der Waals surface area (Å²) in [7, 11) is -1.38. The van der Waals surface area contributed by atoms with Crippen LogP contribution in [0.15, 0.2) is 22.8 Å². The van der Waals surface area contributed by atoms with Gasteiger partial charge in [-0.25, -0.2) is 9.59 Å². The van der Waals surface area contributed by atoms with E-state index in [0.29, 0.717) is 16.6 Å². The Hall–Kier alpha value is -2.79. The first-order chi connectivity index (χ1) is 12.7. The van der Waals surface area contributed by atoms with Crippen LogP contribution in [0.4, 0.5) is 15.3 Å². The first-order valence-corrected chi connectivity index (χ1v) is 9.57. The van der Waals surface area contributed by atoms with E-state index in [-0.39, 0.29) is 24.3 Å². The molecule has 11 heteroatoms. The fourth-order valence-corrected chi connectivity index (χ4v) is 3.63. The summed E-state index contributed by atoms with van der Waals surface area (Å²) in [5.41, 5.74) is 1.24. The fourth-order valence-electron chi connectivity index (χ4n) is 3.00. The number of carbonyl (C=O) groups excluding carboxylic acids is 2. The lowest BCUT2D eigenvalue weighted by atomic mass is 9.96. The van der Waals surface area contributed by atoms with Crippen molar-refractivity contribution in [2.75, 3.05) is 31.9 Å². The van der Waals surface area contributed by atoms with Crippen molar-refractivity contribution in [3.8, 4) is 5.75 Å². The molecule has 1 amide bonds. The van der Waals surface area contributed by atoms with Crippen molar-refractivity contribution >= 4 is 39.0 Å². The van der Waals surface area contributed by atoms with Crippen LogP contribution in [0.1, 0.15) is 5.56 Å². The van der Waals surface area contributed by atoms with Crippen molar-refractivity contribution in [2.24, 2.45) is 0 Å². The van der Waals surface area contributed by atoms with Gasteiger partial charge in [0.25, 0.3) is 10.1 Å². The quantitative estimate of drug-likeness (QED) is 0.433. The molecule has 2 heterocycles. The zero-order valence-corrected chi connectivity index (χ0v) is 15.6. The highest BCUT2D eigenvalue weighted by Gasteiger charge is 2.34. The standard InChI is InChI=1S/C16H17NO9S/c1-22-15(18)17-8-9(26-27(3,20)21)6-11-10-4-5-24-14(10)13(7-12(11)17)25-16(19)23-2/h4-5,7,9H,6,8H2,1-3H3. The molecule has 1 atom stereocenters. The summed E-state index contributed by atoms with van der Waals surface area (Å²) in [5, 5.41) is 0.544. The van der Waals surface area contributed by atoms with E-state index in [1.807, 2.05) is 0 Å². The molecular weight excluding hydrogens is 382 g/mol. The summed E-state index contributed by atoms with van der Waals surface area (Å²) >= 11 is 0. The maximum absolute atomic E-state index is 12.2. The van der Waals surface area contributed by atoms with Gasteiger partial charge in [-0.2, -0.15) is 8.42 Å². The molecule has 27 heavy (non-hydrogen) atoms. The molecule has 0 spiro atoms. The van der Waals surface area contributed by atoms with Crippen molar-refractivity contribution in [2.45, 2.75) is 12.5 Å². The molecule has 0 N–H and O–H groups in total. The second-order valence-electron chi connectivity index (χ2n) is 5.80. The summed E-state index contributed by atoms with van der Waals surface area (Å²) in [4.78, 5) is 25.0. The van der Waals surface area contributed by atoms with E-state index in [4.69, 9.17) is 18.1 Å². The van der Waals surface area contributed by atoms with Gasteiger partial charge in [0.05, 0.1) is 45.1 Å². The number of methoxy groups -OCH3 is 2. The Morgan fingerprint density at radius 1 is 1.26 bits per heavy atom. The molecule has 0 radical (unpaired) electrons. The number of fused-ring (bicyclic) bond motifs is 3. The van der Waals surface area contributed by atoms with Crippen LogP contribution in [0.25, 0.3) is 11.0 Å². The molecule has 2 aromatic rings. The number of hydrogen-bond acceptors (Lipinski definition) is 9. The third-order valence-electron chi connectivity index (χ3n) is 3.97. The van der Waals surface area contributed by atoms with Gasteiger partial charge in [-0.15, -0.1) is 0 Å². The fraction of sp³-hybridized carbons (Fsp3) is 0.375. The Bertz CT molecular complexity index is 995. The zero-order valence-electron chi connectivity index (χ0n) is 14.8. The van der Waals surface area contributed by atoms with E-state index in [2.05, 4.69) is 4.74 Å². The molecule has 10 nitrogen and oxygen atoms in total. The van der Waals surface area contributed by atoms with Gasteiger partial charge in [0.2, 0.25) is 0 Å². The third-order valence-corrected chi connectivity index (χ3v) is 4.59. The van der Waals surface area contributed by atoms with Gasteiger partial charge in [-0.1, -0.05) is 0 Å². The van der Waals surface area contributed by atoms with E-state index in [1.165, 1.54) is 24.3 Å². The summed E-state index contributed by atoms with van der Waals surface area (Å²) in [6.45, 7) is -0.0617. The Balaban J connectivity index is 2.14. The molecule has 1 aliphatic heterocycles. The van der Waals surface area contributed by atoms with Crippen molar-refractivity contribution in [1.29, 1.82) is 0 Å². The largest absolute Gasteiger partial charge is 0.513 e. The number of anilines is 1. The van der Waals surface area contributed by atoms with Gasteiger partial charge in [-0.05, 0) is 11.6 Å². The summed E-state index contributed by atoms with van der Waals surface area (Å²) in [5.74, 6) is 0.0528. The number of hydrogen-bond donors (Lipinski definition) is 0. The zero-order chi connectivity index (χ0) is 19.8. The highest BCUT2D eigenvalue weighted by Crippen LogP contribution is 2.41. The van der Waals surface area contributed by atoms with E-state index in [0.717, 1.165) is 13.4 Å². The molecule has 1 aromatic carbocycles. The van der Waals surface area contributed by atoms with Crippen LogP contribution in [0.5, 0.6) is 5.75 Å². The van der Waals surface area contributed by atoms with Crippen molar-refractivity contribution in [3.63, 3.8) is 0 Å². The Morgan fingerprint density at radius 2 is 2.00 bits per heavy atom. The van der Waals surface area contributed by atoms with Crippen LogP contribution >= 0.6 is 0 Å². The van der Waals surface area contributed by atoms with Crippen molar-refractivity contribution in [3.05, 3.63) is 24.0 Å². The molecule has 0 saturated heterocycles. The maximum atomic E-state index is 12.2. The molecule has 146 valence electrons. The number of furan rings is 1. The molecule has 1 unspecified atom stereocenters. The molecular formula is C16H17NO9S. The topological polar surface area (TPSA) is 122 Å². The number of rotatable bonds is 3. The van der Waals surface area contributed by atoms with Crippen molar-refractivity contribution in [1.82, 2.24) is 0 Å². The molecule has 0 aliphatic carbocycles. The van der Waals surface area contributed by atoms with Crippen molar-refractivity contribution < 1.29 is 40.8 Å². The summed E-state index contributed by atoms with van der Waals surface area (Å²) < 4.78 is 47.9. The monoisotopic (exact) mass is 399 g/mol. The molecule has 0 fully saturated rings. The molecule has 1 aromatic heterocycles. The number of carbonyl (C=O) groups is 2. The number of amides is 1. The van der Waals surface area contributed by atoms with E-state index in [9.17, 15) is 18.0 Å². The van der Waals surface area contributed by atoms with Crippen LogP contribution in [-0.2, 0) is 30.2 Å². The lowest BCUT2D eigenvalue weighted by Crippen LogP contribution is -2.44. The average Bonchev–Trinajstić information content (AvgIpc) is 3.10. The van der Waals surface area contributed by atoms with Crippen LogP contribution in [-0.4, -0.2) is 53.8 Å². The minimum Gasteiger partial charge on any atom is -0.460 e. The molecule has 0 saturated carbocycles. The van der Waals surface area contributed by atoms with Crippen LogP contribution in [0, 0.1) is 0 Å². The number of nitrogens with zero attached hydrogens (tertiary/aromatic N) is 1.